The van der Waals surface area contributed by atoms with E-state index >= 15 is 0 Å². The van der Waals surface area contributed by atoms with Crippen molar-refractivity contribution in [1.82, 2.24) is 10.3 Å². The number of nitrogens with zero attached hydrogens (tertiary/aromatic N) is 1. The topological polar surface area (TPSA) is 74.4 Å². The summed E-state index contributed by atoms with van der Waals surface area (Å²) in [5, 5.41) is 3.39. The quantitative estimate of drug-likeness (QED) is 0.500. The van der Waals surface area contributed by atoms with Crippen LogP contribution in [-0.4, -0.2) is 42.5 Å². The van der Waals surface area contributed by atoms with Gasteiger partial charge in [-0.05, 0) is 81.1 Å². The van der Waals surface area contributed by atoms with E-state index in [-0.39, 0.29) is 23.4 Å². The zero-order valence-electron chi connectivity index (χ0n) is 21.7. The minimum atomic E-state index is -0.314. The van der Waals surface area contributed by atoms with Crippen molar-refractivity contribution in [3.63, 3.8) is 0 Å². The molecular formula is C30H35N3O3. The predicted octanol–water partition coefficient (Wildman–Crippen LogP) is 4.60. The van der Waals surface area contributed by atoms with Gasteiger partial charge in [-0.15, -0.1) is 0 Å². The summed E-state index contributed by atoms with van der Waals surface area (Å²) >= 11 is 0. The third-order valence-electron chi connectivity index (χ3n) is 7.24. The highest BCUT2D eigenvalue weighted by Gasteiger charge is 2.33. The Balaban J connectivity index is 1.44. The molecule has 0 bridgehead atoms. The van der Waals surface area contributed by atoms with Crippen molar-refractivity contribution >= 4 is 11.5 Å². The number of aromatic nitrogens is 1. The van der Waals surface area contributed by atoms with Gasteiger partial charge in [-0.2, -0.15) is 0 Å². The van der Waals surface area contributed by atoms with Crippen molar-refractivity contribution in [2.24, 2.45) is 0 Å². The molecule has 3 heterocycles. The Labute approximate surface area is 212 Å². The van der Waals surface area contributed by atoms with E-state index in [1.165, 1.54) is 5.69 Å². The Kier molecular flexibility index (Phi) is 6.47. The van der Waals surface area contributed by atoms with Crippen molar-refractivity contribution in [3.8, 4) is 16.9 Å². The van der Waals surface area contributed by atoms with Crippen LogP contribution in [0.4, 0.5) is 5.69 Å². The summed E-state index contributed by atoms with van der Waals surface area (Å²) < 4.78 is 6.36. The molecule has 6 heteroatoms. The second-order valence-corrected chi connectivity index (χ2v) is 10.7. The minimum absolute atomic E-state index is 0.0422. The van der Waals surface area contributed by atoms with Crippen LogP contribution in [0.1, 0.15) is 53.0 Å². The number of pyridine rings is 1. The van der Waals surface area contributed by atoms with Crippen LogP contribution in [0.3, 0.4) is 0 Å². The molecule has 188 valence electrons. The Morgan fingerprint density at radius 2 is 1.78 bits per heavy atom. The minimum Gasteiger partial charge on any atom is -0.487 e. The van der Waals surface area contributed by atoms with Crippen molar-refractivity contribution < 1.29 is 9.53 Å². The maximum Gasteiger partial charge on any atom is 0.251 e. The molecule has 0 amide bonds. The van der Waals surface area contributed by atoms with Gasteiger partial charge in [0.15, 0.2) is 5.78 Å². The van der Waals surface area contributed by atoms with E-state index in [4.69, 9.17) is 4.74 Å². The highest BCUT2D eigenvalue weighted by molar-refractivity contribution is 5.98. The first kappa shape index (κ1) is 24.3. The van der Waals surface area contributed by atoms with E-state index in [2.05, 4.69) is 53.3 Å². The summed E-state index contributed by atoms with van der Waals surface area (Å²) in [5.41, 5.74) is 6.99. The zero-order chi connectivity index (χ0) is 25.4. The summed E-state index contributed by atoms with van der Waals surface area (Å²) in [6, 6.07) is 14.5. The second-order valence-electron chi connectivity index (χ2n) is 10.7. The number of aromatic amines is 1. The summed E-state index contributed by atoms with van der Waals surface area (Å²) in [7, 11) is 0. The maximum atomic E-state index is 13.3. The lowest BCUT2D eigenvalue weighted by molar-refractivity contribution is 0.0982. The molecule has 2 N–H and O–H groups in total. The lowest BCUT2D eigenvalue weighted by Gasteiger charge is -2.29. The van der Waals surface area contributed by atoms with Crippen LogP contribution >= 0.6 is 0 Å². The number of ether oxygens (including phenoxy) is 1. The molecule has 3 aromatic rings. The molecule has 6 nitrogen and oxygen atoms in total. The number of fused-ring (bicyclic) bond motifs is 1. The highest BCUT2D eigenvalue weighted by Crippen LogP contribution is 2.43. The van der Waals surface area contributed by atoms with E-state index < -0.39 is 0 Å². The largest absolute Gasteiger partial charge is 0.487 e. The third kappa shape index (κ3) is 4.96. The van der Waals surface area contributed by atoms with Crippen LogP contribution in [0.15, 0.2) is 47.3 Å². The molecular weight excluding hydrogens is 450 g/mol. The van der Waals surface area contributed by atoms with Crippen molar-refractivity contribution in [2.75, 3.05) is 31.1 Å². The lowest BCUT2D eigenvalue weighted by atomic mass is 9.92. The molecule has 2 aromatic carbocycles. The molecule has 0 unspecified atom stereocenters. The van der Waals surface area contributed by atoms with Gasteiger partial charge in [-0.25, -0.2) is 0 Å². The number of Topliss-reactive ketones (excluding diaryl/α,β-unsaturated/α-hetero) is 1. The van der Waals surface area contributed by atoms with Crippen LogP contribution in [-0.2, 0) is 12.8 Å². The standard InChI is InChI=1S/C30H35N3O3/c1-19-15-20(2)32-29(35)25(19)9-10-27(34)22-16-23-18-30(3,4)36-28(23)26(17-22)21-5-7-24(8-6-21)33-13-11-31-12-14-33/h5-8,15-17,31H,9-14,18H2,1-4H3,(H,32,35). The Bertz CT molecular complexity index is 1350. The van der Waals surface area contributed by atoms with E-state index in [9.17, 15) is 9.59 Å². The third-order valence-corrected chi connectivity index (χ3v) is 7.24. The smallest absolute Gasteiger partial charge is 0.251 e. The monoisotopic (exact) mass is 485 g/mol. The lowest BCUT2D eigenvalue weighted by Crippen LogP contribution is -2.43. The van der Waals surface area contributed by atoms with E-state index in [0.717, 1.165) is 66.3 Å². The maximum absolute atomic E-state index is 13.3. The normalized spacial score (nSPS) is 16.5. The Hall–Kier alpha value is -3.38. The van der Waals surface area contributed by atoms with Crippen LogP contribution in [0.5, 0.6) is 5.75 Å². The van der Waals surface area contributed by atoms with Gasteiger partial charge in [-0.3, -0.25) is 9.59 Å². The van der Waals surface area contributed by atoms with Crippen LogP contribution in [0.2, 0.25) is 0 Å². The number of hydrogen-bond acceptors (Lipinski definition) is 5. The fraction of sp³-hybridized carbons (Fsp3) is 0.400. The summed E-state index contributed by atoms with van der Waals surface area (Å²) in [6.45, 7) is 12.0. The molecule has 0 aliphatic carbocycles. The number of H-pyrrole nitrogens is 1. The van der Waals surface area contributed by atoms with Crippen molar-refractivity contribution in [3.05, 3.63) is 80.8 Å². The number of aryl methyl sites for hydroxylation is 2. The molecule has 2 aliphatic heterocycles. The van der Waals surface area contributed by atoms with E-state index in [1.807, 2.05) is 32.0 Å². The van der Waals surface area contributed by atoms with E-state index in [1.54, 1.807) is 0 Å². The molecule has 5 rings (SSSR count). The van der Waals surface area contributed by atoms with Crippen LogP contribution in [0, 0.1) is 13.8 Å². The first-order chi connectivity index (χ1) is 17.2. The fourth-order valence-electron chi connectivity index (χ4n) is 5.44. The second kappa shape index (κ2) is 9.58. The Morgan fingerprint density at radius 1 is 1.06 bits per heavy atom. The highest BCUT2D eigenvalue weighted by atomic mass is 16.5. The van der Waals surface area contributed by atoms with Gasteiger partial charge in [0.2, 0.25) is 0 Å². The number of rotatable bonds is 6. The molecule has 0 radical (unpaired) electrons. The van der Waals surface area contributed by atoms with Crippen molar-refractivity contribution in [1.29, 1.82) is 0 Å². The van der Waals surface area contributed by atoms with Gasteiger partial charge in [0.05, 0.1) is 0 Å². The number of carbonyl (C=O) groups is 1. The zero-order valence-corrected chi connectivity index (χ0v) is 21.7. The van der Waals surface area contributed by atoms with Gasteiger partial charge >= 0.3 is 0 Å². The summed E-state index contributed by atoms with van der Waals surface area (Å²) in [6.07, 6.45) is 1.47. The molecule has 2 aliphatic rings. The number of anilines is 1. The number of carbonyl (C=O) groups excluding carboxylic acids is 1. The molecule has 0 spiro atoms. The first-order valence-electron chi connectivity index (χ1n) is 12.8. The van der Waals surface area contributed by atoms with Crippen LogP contribution in [0.25, 0.3) is 11.1 Å². The molecule has 1 aromatic heterocycles. The van der Waals surface area contributed by atoms with Gasteiger partial charge in [0, 0.05) is 67.1 Å². The van der Waals surface area contributed by atoms with Crippen molar-refractivity contribution in [2.45, 2.75) is 52.6 Å². The molecule has 36 heavy (non-hydrogen) atoms. The van der Waals surface area contributed by atoms with Gasteiger partial charge in [-0.1, -0.05) is 12.1 Å². The first-order valence-corrected chi connectivity index (χ1v) is 12.8. The number of hydrogen-bond donors (Lipinski definition) is 2. The number of benzene rings is 2. The molecule has 1 fully saturated rings. The average Bonchev–Trinajstić information content (AvgIpc) is 3.17. The van der Waals surface area contributed by atoms with Gasteiger partial charge in [0.1, 0.15) is 11.4 Å². The van der Waals surface area contributed by atoms with Crippen LogP contribution < -0.4 is 20.5 Å². The molecule has 0 atom stereocenters. The number of nitrogens with one attached hydrogen (secondary N) is 2. The number of piperazine rings is 1. The summed E-state index contributed by atoms with van der Waals surface area (Å²) in [4.78, 5) is 31.0. The van der Waals surface area contributed by atoms with E-state index in [0.29, 0.717) is 17.5 Å². The summed E-state index contributed by atoms with van der Waals surface area (Å²) in [5.74, 6) is 0.915. The molecule has 0 saturated carbocycles. The average molecular weight is 486 g/mol. The fourth-order valence-corrected chi connectivity index (χ4v) is 5.44. The molecule has 1 saturated heterocycles. The van der Waals surface area contributed by atoms with Gasteiger partial charge < -0.3 is 19.9 Å². The SMILES string of the molecule is Cc1cc(C)c(CCC(=O)c2cc3c(c(-c4ccc(N5CCNCC5)cc4)c2)OC(C)(C)C3)c(=O)[nH]1. The number of ketones is 1. The Morgan fingerprint density at radius 3 is 2.47 bits per heavy atom. The van der Waals surface area contributed by atoms with Gasteiger partial charge in [0.25, 0.3) is 5.56 Å². The predicted molar refractivity (Wildman–Crippen MR) is 145 cm³/mol.